The minimum absolute atomic E-state index is 0.0730. The van der Waals surface area contributed by atoms with Crippen LogP contribution in [0.2, 0.25) is 0 Å². The van der Waals surface area contributed by atoms with Crippen molar-refractivity contribution in [2.24, 2.45) is 5.92 Å². The van der Waals surface area contributed by atoms with E-state index in [2.05, 4.69) is 59.4 Å². The molecule has 258 valence electrons. The molecule has 2 aromatic carbocycles. The number of unbranched alkanes of at least 4 members (excludes halogenated alkanes) is 11. The Labute approximate surface area is 283 Å². The summed E-state index contributed by atoms with van der Waals surface area (Å²) in [6.07, 6.45) is 22.4. The van der Waals surface area contributed by atoms with Crippen molar-refractivity contribution in [1.82, 2.24) is 9.88 Å². The minimum Gasteiger partial charge on any atom is -0.493 e. The van der Waals surface area contributed by atoms with Crippen LogP contribution in [0.15, 0.2) is 42.6 Å². The quantitative estimate of drug-likeness (QED) is 0.124. The Balaban J connectivity index is 1.32. The maximum Gasteiger partial charge on any atom is 0.161 e. The fourth-order valence-corrected chi connectivity index (χ4v) is 8.06. The van der Waals surface area contributed by atoms with E-state index in [1.165, 1.54) is 92.7 Å². The van der Waals surface area contributed by atoms with Gasteiger partial charge in [-0.15, -0.1) is 0 Å². The van der Waals surface area contributed by atoms with E-state index in [-0.39, 0.29) is 18.0 Å². The first-order valence-electron chi connectivity index (χ1n) is 18.8. The van der Waals surface area contributed by atoms with Gasteiger partial charge in [0.15, 0.2) is 17.3 Å². The standard InChI is InChI=1S/C41H60N2O4/c1-4-5-6-7-8-9-10-11-12-13-14-15-20-37(41(44)31-22-25-47-26-23-31)43-24-21-32-28-39(45-2)40(46-3)29-35(32)38(43)27-33-30-42-36-19-17-16-18-34(33)36/h16-19,28-31,37-38,42H,4-15,20-27H2,1-3H3. The summed E-state index contributed by atoms with van der Waals surface area (Å²) >= 11 is 0. The van der Waals surface area contributed by atoms with Crippen molar-refractivity contribution in [3.05, 3.63) is 59.3 Å². The number of methoxy groups -OCH3 is 2. The molecule has 0 amide bonds. The van der Waals surface area contributed by atoms with Gasteiger partial charge in [-0.05, 0) is 67.0 Å². The normalized spacial score (nSPS) is 17.9. The summed E-state index contributed by atoms with van der Waals surface area (Å²) in [6, 6.07) is 12.9. The van der Waals surface area contributed by atoms with Gasteiger partial charge in [0.1, 0.15) is 0 Å². The number of fused-ring (bicyclic) bond motifs is 2. The molecular weight excluding hydrogens is 584 g/mol. The third kappa shape index (κ3) is 9.41. The van der Waals surface area contributed by atoms with E-state index in [1.54, 1.807) is 14.2 Å². The molecule has 2 atom stereocenters. The summed E-state index contributed by atoms with van der Waals surface area (Å²) < 4.78 is 17.2. The van der Waals surface area contributed by atoms with Crippen LogP contribution in [0.4, 0.5) is 0 Å². The summed E-state index contributed by atoms with van der Waals surface area (Å²) in [5.74, 6) is 2.05. The zero-order valence-corrected chi connectivity index (χ0v) is 29.5. The number of H-pyrrole nitrogens is 1. The second kappa shape index (κ2) is 18.6. The lowest BCUT2D eigenvalue weighted by atomic mass is 9.82. The zero-order valence-electron chi connectivity index (χ0n) is 29.5. The average Bonchev–Trinajstić information content (AvgIpc) is 3.53. The molecule has 2 aliphatic heterocycles. The second-order valence-corrected chi connectivity index (χ2v) is 14.0. The molecule has 0 radical (unpaired) electrons. The number of ether oxygens (including phenoxy) is 3. The summed E-state index contributed by atoms with van der Waals surface area (Å²) in [4.78, 5) is 20.5. The second-order valence-electron chi connectivity index (χ2n) is 14.0. The molecule has 6 nitrogen and oxygen atoms in total. The van der Waals surface area contributed by atoms with Gasteiger partial charge >= 0.3 is 0 Å². The molecule has 47 heavy (non-hydrogen) atoms. The van der Waals surface area contributed by atoms with Gasteiger partial charge in [0, 0.05) is 48.8 Å². The predicted octanol–water partition coefficient (Wildman–Crippen LogP) is 9.78. The highest BCUT2D eigenvalue weighted by Gasteiger charge is 2.39. The summed E-state index contributed by atoms with van der Waals surface area (Å²) in [6.45, 7) is 4.54. The number of Topliss-reactive ketones (excluding diaryl/α,β-unsaturated/α-hetero) is 1. The van der Waals surface area contributed by atoms with Gasteiger partial charge in [0.2, 0.25) is 0 Å². The Morgan fingerprint density at radius 3 is 2.21 bits per heavy atom. The van der Waals surface area contributed by atoms with Gasteiger partial charge in [-0.3, -0.25) is 9.69 Å². The SMILES string of the molecule is CCCCCCCCCCCCCCC(C(=O)C1CCOCC1)N1CCc2cc(OC)c(OC)cc2C1Cc1c[nH]c2ccccc12. The van der Waals surface area contributed by atoms with Gasteiger partial charge in [0.05, 0.1) is 20.3 Å². The minimum atomic E-state index is -0.0855. The molecule has 0 saturated carbocycles. The number of hydrogen-bond donors (Lipinski definition) is 1. The van der Waals surface area contributed by atoms with E-state index >= 15 is 0 Å². The average molecular weight is 645 g/mol. The molecule has 1 aromatic heterocycles. The molecule has 1 fully saturated rings. The number of carbonyl (C=O) groups excluding carboxylic acids is 1. The molecule has 2 unspecified atom stereocenters. The molecule has 0 bridgehead atoms. The topological polar surface area (TPSA) is 63.8 Å². The highest BCUT2D eigenvalue weighted by molar-refractivity contribution is 5.86. The van der Waals surface area contributed by atoms with Gasteiger partial charge in [-0.1, -0.05) is 102 Å². The predicted molar refractivity (Wildman–Crippen MR) is 193 cm³/mol. The number of nitrogens with zero attached hydrogens (tertiary/aromatic N) is 1. The maximum atomic E-state index is 14.5. The van der Waals surface area contributed by atoms with Crippen molar-refractivity contribution >= 4 is 16.7 Å². The Hall–Kier alpha value is -2.83. The summed E-state index contributed by atoms with van der Waals surface area (Å²) in [7, 11) is 3.42. The number of hydrogen-bond acceptors (Lipinski definition) is 5. The number of rotatable bonds is 20. The van der Waals surface area contributed by atoms with E-state index in [0.717, 1.165) is 62.1 Å². The van der Waals surface area contributed by atoms with Crippen LogP contribution in [0.3, 0.4) is 0 Å². The largest absolute Gasteiger partial charge is 0.493 e. The fraction of sp³-hybridized carbons (Fsp3) is 0.634. The maximum absolute atomic E-state index is 14.5. The first kappa shape index (κ1) is 35.5. The van der Waals surface area contributed by atoms with E-state index in [4.69, 9.17) is 14.2 Å². The monoisotopic (exact) mass is 644 g/mol. The molecule has 1 N–H and O–H groups in total. The molecule has 1 saturated heterocycles. The highest BCUT2D eigenvalue weighted by Crippen LogP contribution is 2.42. The number of para-hydroxylation sites is 1. The number of ketones is 1. The molecule has 2 aliphatic rings. The Kier molecular flexibility index (Phi) is 14.1. The van der Waals surface area contributed by atoms with Crippen molar-refractivity contribution in [3.63, 3.8) is 0 Å². The van der Waals surface area contributed by atoms with Crippen molar-refractivity contribution < 1.29 is 19.0 Å². The number of carbonyl (C=O) groups is 1. The van der Waals surface area contributed by atoms with Gasteiger partial charge < -0.3 is 19.2 Å². The molecule has 5 rings (SSSR count). The summed E-state index contributed by atoms with van der Waals surface area (Å²) in [5, 5.41) is 1.26. The smallest absolute Gasteiger partial charge is 0.161 e. The Bertz CT molecular complexity index is 1380. The molecule has 3 aromatic rings. The van der Waals surface area contributed by atoms with E-state index < -0.39 is 0 Å². The lowest BCUT2D eigenvalue weighted by molar-refractivity contribution is -0.132. The first-order valence-corrected chi connectivity index (χ1v) is 18.8. The van der Waals surface area contributed by atoms with Crippen LogP contribution in [0, 0.1) is 5.92 Å². The lowest BCUT2D eigenvalue weighted by Crippen LogP contribution is -2.49. The third-order valence-electron chi connectivity index (χ3n) is 10.8. The van der Waals surface area contributed by atoms with Crippen LogP contribution in [0.1, 0.15) is 126 Å². The fourth-order valence-electron chi connectivity index (χ4n) is 8.06. The lowest BCUT2D eigenvalue weighted by Gasteiger charge is -2.43. The number of benzene rings is 2. The van der Waals surface area contributed by atoms with Crippen LogP contribution in [0.5, 0.6) is 11.5 Å². The van der Waals surface area contributed by atoms with Crippen molar-refractivity contribution in [1.29, 1.82) is 0 Å². The van der Waals surface area contributed by atoms with Gasteiger partial charge in [0.25, 0.3) is 0 Å². The summed E-state index contributed by atoms with van der Waals surface area (Å²) in [5.41, 5.74) is 5.01. The van der Waals surface area contributed by atoms with Crippen molar-refractivity contribution in [3.8, 4) is 11.5 Å². The van der Waals surface area contributed by atoms with Crippen LogP contribution < -0.4 is 9.47 Å². The number of aromatic amines is 1. The third-order valence-corrected chi connectivity index (χ3v) is 10.8. The molecule has 3 heterocycles. The van der Waals surface area contributed by atoms with E-state index in [0.29, 0.717) is 19.0 Å². The van der Waals surface area contributed by atoms with Crippen LogP contribution in [-0.4, -0.2) is 55.7 Å². The van der Waals surface area contributed by atoms with Crippen LogP contribution in [0.25, 0.3) is 10.9 Å². The van der Waals surface area contributed by atoms with E-state index in [1.807, 2.05) is 0 Å². The number of nitrogens with one attached hydrogen (secondary N) is 1. The first-order chi connectivity index (χ1) is 23.1. The van der Waals surface area contributed by atoms with Crippen LogP contribution >= 0.6 is 0 Å². The van der Waals surface area contributed by atoms with E-state index in [9.17, 15) is 4.79 Å². The van der Waals surface area contributed by atoms with Crippen molar-refractivity contribution in [2.75, 3.05) is 34.0 Å². The van der Waals surface area contributed by atoms with Gasteiger partial charge in [-0.25, -0.2) is 0 Å². The molecule has 0 spiro atoms. The van der Waals surface area contributed by atoms with Crippen LogP contribution in [-0.2, 0) is 22.4 Å². The highest BCUT2D eigenvalue weighted by atomic mass is 16.5. The zero-order chi connectivity index (χ0) is 32.8. The number of aromatic nitrogens is 1. The Morgan fingerprint density at radius 1 is 0.894 bits per heavy atom. The Morgan fingerprint density at radius 2 is 1.53 bits per heavy atom. The van der Waals surface area contributed by atoms with Gasteiger partial charge in [-0.2, -0.15) is 0 Å². The molecule has 0 aliphatic carbocycles. The molecular formula is C41H60N2O4. The van der Waals surface area contributed by atoms with Crippen molar-refractivity contribution in [2.45, 2.75) is 128 Å². The molecule has 6 heteroatoms.